The summed E-state index contributed by atoms with van der Waals surface area (Å²) in [7, 11) is 0. The van der Waals surface area contributed by atoms with Gasteiger partial charge < -0.3 is 20.3 Å². The molecule has 172 valence electrons. The Bertz CT molecular complexity index is 1360. The van der Waals surface area contributed by atoms with E-state index in [2.05, 4.69) is 20.5 Å². The van der Waals surface area contributed by atoms with Gasteiger partial charge in [-0.05, 0) is 42.5 Å². The minimum Gasteiger partial charge on any atom is -0.457 e. The second-order valence-electron chi connectivity index (χ2n) is 7.83. The average molecular weight is 478 g/mol. The van der Waals surface area contributed by atoms with Crippen LogP contribution in [0.25, 0.3) is 11.0 Å². The number of benzene rings is 3. The molecule has 0 spiro atoms. The predicted molar refractivity (Wildman–Crippen MR) is 130 cm³/mol. The van der Waals surface area contributed by atoms with Crippen molar-refractivity contribution in [1.82, 2.24) is 15.3 Å². The van der Waals surface area contributed by atoms with E-state index in [1.54, 1.807) is 30.5 Å². The number of carbonyl (C=O) groups excluding carboxylic acids is 1. The Morgan fingerprint density at radius 3 is 2.68 bits per heavy atom. The summed E-state index contributed by atoms with van der Waals surface area (Å²) in [6, 6.07) is 16.4. The smallest absolute Gasteiger partial charge is 0.255 e. The zero-order valence-electron chi connectivity index (χ0n) is 18.1. The lowest BCUT2D eigenvalue weighted by molar-refractivity contribution is 0.102. The molecule has 4 aromatic rings. The summed E-state index contributed by atoms with van der Waals surface area (Å²) < 4.78 is 19.7. The molecule has 1 amide bonds. The Kier molecular flexibility index (Phi) is 6.24. The third-order valence-electron chi connectivity index (χ3n) is 5.45. The molecule has 3 aromatic carbocycles. The van der Waals surface area contributed by atoms with Crippen molar-refractivity contribution in [2.75, 3.05) is 36.4 Å². The summed E-state index contributed by atoms with van der Waals surface area (Å²) in [5.74, 6) is 0.878. The highest BCUT2D eigenvalue weighted by Crippen LogP contribution is 2.27. The topological polar surface area (TPSA) is 79.4 Å². The molecule has 0 bridgehead atoms. The number of nitrogens with zero attached hydrogens (tertiary/aromatic N) is 3. The van der Waals surface area contributed by atoms with E-state index in [9.17, 15) is 9.18 Å². The minimum absolute atomic E-state index is 0.0351. The van der Waals surface area contributed by atoms with Gasteiger partial charge in [0.05, 0.1) is 22.3 Å². The molecule has 1 aromatic heterocycles. The number of nitrogens with one attached hydrogen (secondary N) is 2. The first kappa shape index (κ1) is 22.1. The zero-order valence-corrected chi connectivity index (χ0v) is 18.8. The molecule has 2 heterocycles. The quantitative estimate of drug-likeness (QED) is 0.426. The van der Waals surface area contributed by atoms with E-state index < -0.39 is 11.7 Å². The molecule has 1 aliphatic heterocycles. The summed E-state index contributed by atoms with van der Waals surface area (Å²) in [6.07, 6.45) is 1.80. The van der Waals surface area contributed by atoms with Gasteiger partial charge in [-0.3, -0.25) is 9.78 Å². The number of hydrogen-bond acceptors (Lipinski definition) is 6. The number of halogens is 2. The summed E-state index contributed by atoms with van der Waals surface area (Å²) in [5.41, 5.74) is 2.20. The van der Waals surface area contributed by atoms with Gasteiger partial charge in [-0.15, -0.1) is 0 Å². The molecule has 0 atom stereocenters. The third kappa shape index (κ3) is 4.93. The largest absolute Gasteiger partial charge is 0.457 e. The number of aromatic nitrogens is 2. The molecular weight excluding hydrogens is 457 g/mol. The fourth-order valence-corrected chi connectivity index (χ4v) is 3.82. The molecule has 0 saturated carbocycles. The van der Waals surface area contributed by atoms with Gasteiger partial charge in [0.25, 0.3) is 5.91 Å². The fraction of sp³-hybridized carbons (Fsp3) is 0.160. The van der Waals surface area contributed by atoms with Crippen molar-refractivity contribution in [2.24, 2.45) is 0 Å². The molecular formula is C25H21ClFN5O2. The van der Waals surface area contributed by atoms with Gasteiger partial charge >= 0.3 is 0 Å². The second-order valence-corrected chi connectivity index (χ2v) is 8.24. The van der Waals surface area contributed by atoms with Crippen LogP contribution >= 0.6 is 11.6 Å². The van der Waals surface area contributed by atoms with E-state index in [0.29, 0.717) is 17.2 Å². The summed E-state index contributed by atoms with van der Waals surface area (Å²) >= 11 is 5.69. The maximum Gasteiger partial charge on any atom is 0.255 e. The van der Waals surface area contributed by atoms with Crippen molar-refractivity contribution in [3.63, 3.8) is 0 Å². The number of hydrogen-bond donors (Lipinski definition) is 2. The highest BCUT2D eigenvalue weighted by atomic mass is 35.5. The van der Waals surface area contributed by atoms with Gasteiger partial charge in [-0.1, -0.05) is 17.7 Å². The minimum atomic E-state index is -0.647. The van der Waals surface area contributed by atoms with E-state index >= 15 is 0 Å². The SMILES string of the molecule is O=C(Nc1cccc(Oc2ccc3ncc(N4CCNCC4)nc3c2)c1)c1ccc(Cl)c(F)c1. The number of amides is 1. The molecule has 0 radical (unpaired) electrons. The lowest BCUT2D eigenvalue weighted by Crippen LogP contribution is -2.43. The molecule has 1 aliphatic rings. The molecule has 34 heavy (non-hydrogen) atoms. The van der Waals surface area contributed by atoms with Crippen molar-refractivity contribution in [2.45, 2.75) is 0 Å². The number of fused-ring (bicyclic) bond motifs is 1. The van der Waals surface area contributed by atoms with Crippen molar-refractivity contribution >= 4 is 40.0 Å². The van der Waals surface area contributed by atoms with Gasteiger partial charge in [0.2, 0.25) is 0 Å². The highest BCUT2D eigenvalue weighted by molar-refractivity contribution is 6.30. The first-order valence-corrected chi connectivity index (χ1v) is 11.2. The van der Waals surface area contributed by atoms with Crippen LogP contribution in [0.4, 0.5) is 15.9 Å². The van der Waals surface area contributed by atoms with E-state index in [1.807, 2.05) is 18.2 Å². The van der Waals surface area contributed by atoms with Crippen molar-refractivity contribution in [3.05, 3.63) is 83.3 Å². The van der Waals surface area contributed by atoms with Gasteiger partial charge in [0.15, 0.2) is 0 Å². The van der Waals surface area contributed by atoms with Crippen LogP contribution in [0.5, 0.6) is 11.5 Å². The van der Waals surface area contributed by atoms with Crippen LogP contribution < -0.4 is 20.3 Å². The Labute approximate surface area is 200 Å². The first-order valence-electron chi connectivity index (χ1n) is 10.8. The predicted octanol–water partition coefficient (Wildman–Crippen LogP) is 4.88. The number of anilines is 2. The second kappa shape index (κ2) is 9.62. The molecule has 5 rings (SSSR count). The van der Waals surface area contributed by atoms with E-state index in [-0.39, 0.29) is 10.6 Å². The van der Waals surface area contributed by atoms with Gasteiger partial charge in [-0.25, -0.2) is 9.37 Å². The number of rotatable bonds is 5. The van der Waals surface area contributed by atoms with Crippen LogP contribution in [0.1, 0.15) is 10.4 Å². The molecule has 0 aliphatic carbocycles. The number of ether oxygens (including phenoxy) is 1. The molecule has 9 heteroatoms. The standard InChI is InChI=1S/C25H21ClFN5O2/c26-20-6-4-16(12-21(20)27)25(33)30-17-2-1-3-18(13-17)34-19-5-7-22-23(14-19)31-24(15-29-22)32-10-8-28-9-11-32/h1-7,12-15,28H,8-11H2,(H,30,33). The van der Waals surface area contributed by atoms with Crippen molar-refractivity contribution in [1.29, 1.82) is 0 Å². The van der Waals surface area contributed by atoms with Crippen LogP contribution in [0.3, 0.4) is 0 Å². The van der Waals surface area contributed by atoms with Gasteiger partial charge in [0.1, 0.15) is 23.1 Å². The van der Waals surface area contributed by atoms with Crippen LogP contribution in [0, 0.1) is 5.82 Å². The molecule has 0 unspecified atom stereocenters. The highest BCUT2D eigenvalue weighted by Gasteiger charge is 2.13. The third-order valence-corrected chi connectivity index (χ3v) is 5.76. The maximum absolute atomic E-state index is 13.7. The van der Waals surface area contributed by atoms with Crippen molar-refractivity contribution in [3.8, 4) is 11.5 Å². The fourth-order valence-electron chi connectivity index (χ4n) is 3.71. The molecule has 2 N–H and O–H groups in total. The van der Waals surface area contributed by atoms with Gasteiger partial charge in [-0.2, -0.15) is 0 Å². The Morgan fingerprint density at radius 2 is 1.85 bits per heavy atom. The Morgan fingerprint density at radius 1 is 1.03 bits per heavy atom. The van der Waals surface area contributed by atoms with E-state index in [4.69, 9.17) is 21.3 Å². The van der Waals surface area contributed by atoms with Gasteiger partial charge in [0, 0.05) is 49.6 Å². The normalized spacial score (nSPS) is 13.6. The van der Waals surface area contributed by atoms with Crippen LogP contribution in [0.15, 0.2) is 66.9 Å². The summed E-state index contributed by atoms with van der Waals surface area (Å²) in [6.45, 7) is 3.61. The van der Waals surface area contributed by atoms with Crippen LogP contribution in [-0.4, -0.2) is 42.1 Å². The lowest BCUT2D eigenvalue weighted by atomic mass is 10.2. The maximum atomic E-state index is 13.7. The van der Waals surface area contributed by atoms with E-state index in [1.165, 1.54) is 12.1 Å². The van der Waals surface area contributed by atoms with Crippen LogP contribution in [0.2, 0.25) is 5.02 Å². The van der Waals surface area contributed by atoms with Crippen molar-refractivity contribution < 1.29 is 13.9 Å². The molecule has 7 nitrogen and oxygen atoms in total. The zero-order chi connectivity index (χ0) is 23.5. The first-order chi connectivity index (χ1) is 16.5. The summed E-state index contributed by atoms with van der Waals surface area (Å²) in [5, 5.41) is 6.04. The monoisotopic (exact) mass is 477 g/mol. The van der Waals surface area contributed by atoms with Crippen LogP contribution in [-0.2, 0) is 0 Å². The molecule has 1 fully saturated rings. The average Bonchev–Trinajstić information content (AvgIpc) is 2.86. The lowest BCUT2D eigenvalue weighted by Gasteiger charge is -2.28. The number of carbonyl (C=O) groups is 1. The number of piperazine rings is 1. The van der Waals surface area contributed by atoms with E-state index in [0.717, 1.165) is 49.1 Å². The Balaban J connectivity index is 1.32. The Hall–Kier alpha value is -3.75. The summed E-state index contributed by atoms with van der Waals surface area (Å²) in [4.78, 5) is 24.0. The molecule has 1 saturated heterocycles.